The second-order valence-electron chi connectivity index (χ2n) is 6.43. The number of anilines is 1. The van der Waals surface area contributed by atoms with E-state index in [9.17, 15) is 35.1 Å². The fourth-order valence-corrected chi connectivity index (χ4v) is 2.84. The van der Waals surface area contributed by atoms with Gasteiger partial charge in [-0.05, 0) is 42.0 Å². The first-order valence-electron chi connectivity index (χ1n) is 8.88. The Balaban J connectivity index is 1.70. The average Bonchev–Trinajstić information content (AvgIpc) is 2.74. The Morgan fingerprint density at radius 2 is 1.48 bits per heavy atom. The molecule has 0 aromatic heterocycles. The summed E-state index contributed by atoms with van der Waals surface area (Å²) in [5.41, 5.74) is -2.10. The van der Waals surface area contributed by atoms with Crippen molar-refractivity contribution in [3.05, 3.63) is 93.3 Å². The molecule has 3 aromatic carbocycles. The van der Waals surface area contributed by atoms with Crippen molar-refractivity contribution in [2.45, 2.75) is 12.8 Å². The minimum Gasteiger partial charge on any atom is -0.489 e. The van der Waals surface area contributed by atoms with Gasteiger partial charge in [0.05, 0.1) is 11.2 Å². The van der Waals surface area contributed by atoms with Gasteiger partial charge in [-0.2, -0.15) is 18.3 Å². The van der Waals surface area contributed by atoms with Gasteiger partial charge in [0, 0.05) is 5.56 Å². The maximum Gasteiger partial charge on any atom is 0.422 e. The van der Waals surface area contributed by atoms with Crippen LogP contribution in [0, 0.1) is 29.1 Å². The smallest absolute Gasteiger partial charge is 0.422 e. The lowest BCUT2D eigenvalue weighted by atomic mass is 10.1. The summed E-state index contributed by atoms with van der Waals surface area (Å²) in [6, 6.07) is 9.87. The van der Waals surface area contributed by atoms with E-state index in [2.05, 4.69) is 5.10 Å². The van der Waals surface area contributed by atoms with Crippen LogP contribution < -0.4 is 10.2 Å². The summed E-state index contributed by atoms with van der Waals surface area (Å²) in [6.45, 7) is -0.163. The van der Waals surface area contributed by atoms with E-state index in [0.717, 1.165) is 6.21 Å². The lowest BCUT2D eigenvalue weighted by Crippen LogP contribution is -2.16. The molecule has 0 fully saturated rings. The van der Waals surface area contributed by atoms with Crippen molar-refractivity contribution in [2.24, 2.45) is 5.10 Å². The molecule has 0 aliphatic heterocycles. The molecule has 3 nitrogen and oxygen atoms in total. The zero-order valence-electron chi connectivity index (χ0n) is 16.1. The maximum absolute atomic E-state index is 13.8. The van der Waals surface area contributed by atoms with Gasteiger partial charge in [0.25, 0.3) is 0 Å². The van der Waals surface area contributed by atoms with Crippen molar-refractivity contribution in [3.63, 3.8) is 0 Å². The van der Waals surface area contributed by atoms with E-state index in [4.69, 9.17) is 16.3 Å². The molecule has 0 heterocycles. The summed E-state index contributed by atoms with van der Waals surface area (Å²) < 4.78 is 112. The first-order valence-corrected chi connectivity index (χ1v) is 9.26. The van der Waals surface area contributed by atoms with Crippen LogP contribution in [0.3, 0.4) is 0 Å². The molecule has 174 valence electrons. The number of rotatable bonds is 6. The van der Waals surface area contributed by atoms with Crippen molar-refractivity contribution < 1.29 is 39.9 Å². The van der Waals surface area contributed by atoms with Gasteiger partial charge in [-0.1, -0.05) is 17.7 Å². The van der Waals surface area contributed by atoms with E-state index in [1.807, 2.05) is 0 Å². The number of nitrogens with zero attached hydrogens (tertiary/aromatic N) is 1. The van der Waals surface area contributed by atoms with E-state index in [-0.39, 0.29) is 17.2 Å². The largest absolute Gasteiger partial charge is 0.489 e. The molecule has 0 spiro atoms. The van der Waals surface area contributed by atoms with Gasteiger partial charge < -0.3 is 4.74 Å². The van der Waals surface area contributed by atoms with E-state index < -0.39 is 46.5 Å². The Kier molecular flexibility index (Phi) is 7.11. The number of hydrogen-bond donors (Lipinski definition) is 1. The number of benzene rings is 3. The van der Waals surface area contributed by atoms with Gasteiger partial charge in [-0.25, -0.2) is 22.0 Å². The SMILES string of the molecule is Fc1cccc(Cl)c1COc1ccc(C=NNc2c(F)c(F)c(C(F)(F)F)c(F)c2F)cc1. The highest BCUT2D eigenvalue weighted by molar-refractivity contribution is 6.31. The maximum atomic E-state index is 13.8. The molecule has 0 aliphatic rings. The number of hydrazone groups is 1. The zero-order valence-corrected chi connectivity index (χ0v) is 16.8. The Bertz CT molecular complexity index is 1150. The van der Waals surface area contributed by atoms with Crippen LogP contribution in [0.1, 0.15) is 16.7 Å². The molecule has 12 heteroatoms. The molecular formula is C21H11ClF8N2O. The molecule has 3 aromatic rings. The third kappa shape index (κ3) is 5.36. The minimum atomic E-state index is -5.64. The van der Waals surface area contributed by atoms with E-state index >= 15 is 0 Å². The second-order valence-corrected chi connectivity index (χ2v) is 6.84. The van der Waals surface area contributed by atoms with E-state index in [1.54, 1.807) is 5.43 Å². The van der Waals surface area contributed by atoms with Crippen LogP contribution in [0.2, 0.25) is 5.02 Å². The van der Waals surface area contributed by atoms with Gasteiger partial charge in [0.15, 0.2) is 23.3 Å². The zero-order chi connectivity index (χ0) is 24.3. The van der Waals surface area contributed by atoms with Crippen LogP contribution in [0.4, 0.5) is 40.8 Å². The molecule has 33 heavy (non-hydrogen) atoms. The molecule has 3 rings (SSSR count). The first kappa shape index (κ1) is 24.3. The number of halogens is 9. The predicted molar refractivity (Wildman–Crippen MR) is 105 cm³/mol. The molecule has 0 aliphatic carbocycles. The molecule has 0 amide bonds. The molecule has 0 saturated carbocycles. The fraction of sp³-hybridized carbons (Fsp3) is 0.0952. The lowest BCUT2D eigenvalue weighted by Gasteiger charge is -2.13. The molecule has 0 unspecified atom stereocenters. The van der Waals surface area contributed by atoms with Gasteiger partial charge in [0.1, 0.15) is 29.4 Å². The normalized spacial score (nSPS) is 11.8. The number of nitrogens with one attached hydrogen (secondary N) is 1. The number of ether oxygens (including phenoxy) is 1. The van der Waals surface area contributed by atoms with Crippen molar-refractivity contribution in [1.82, 2.24) is 0 Å². The summed E-state index contributed by atoms with van der Waals surface area (Å²) in [7, 11) is 0. The topological polar surface area (TPSA) is 33.6 Å². The van der Waals surface area contributed by atoms with Crippen LogP contribution in [-0.4, -0.2) is 6.21 Å². The number of hydrogen-bond acceptors (Lipinski definition) is 3. The third-order valence-corrected chi connectivity index (χ3v) is 4.62. The van der Waals surface area contributed by atoms with E-state index in [0.29, 0.717) is 11.3 Å². The minimum absolute atomic E-state index is 0.147. The third-order valence-electron chi connectivity index (χ3n) is 4.26. The average molecular weight is 495 g/mol. The van der Waals surface area contributed by atoms with Gasteiger partial charge in [-0.15, -0.1) is 0 Å². The highest BCUT2D eigenvalue weighted by atomic mass is 35.5. The van der Waals surface area contributed by atoms with Gasteiger partial charge in [0.2, 0.25) is 0 Å². The molecule has 0 saturated heterocycles. The Morgan fingerprint density at radius 3 is 2.03 bits per heavy atom. The predicted octanol–water partition coefficient (Wildman–Crippen LogP) is 7.08. The van der Waals surface area contributed by atoms with Crippen LogP contribution >= 0.6 is 11.6 Å². The van der Waals surface area contributed by atoms with Crippen molar-refractivity contribution in [2.75, 3.05) is 5.43 Å². The monoisotopic (exact) mass is 494 g/mol. The molecule has 0 radical (unpaired) electrons. The van der Waals surface area contributed by atoms with E-state index in [1.165, 1.54) is 42.5 Å². The Morgan fingerprint density at radius 1 is 0.879 bits per heavy atom. The fourth-order valence-electron chi connectivity index (χ4n) is 2.63. The summed E-state index contributed by atoms with van der Waals surface area (Å²) >= 11 is 5.90. The first-order chi connectivity index (χ1) is 15.5. The summed E-state index contributed by atoms with van der Waals surface area (Å²) in [5, 5.41) is 3.56. The molecule has 1 N–H and O–H groups in total. The lowest BCUT2D eigenvalue weighted by molar-refractivity contribution is -0.143. The molecule has 0 atom stereocenters. The molecule has 0 bridgehead atoms. The van der Waals surface area contributed by atoms with Crippen LogP contribution in [0.5, 0.6) is 5.75 Å². The van der Waals surface area contributed by atoms with Crippen LogP contribution in [-0.2, 0) is 12.8 Å². The van der Waals surface area contributed by atoms with Crippen LogP contribution in [0.15, 0.2) is 47.6 Å². The summed E-state index contributed by atoms with van der Waals surface area (Å²) in [6.07, 6.45) is -4.66. The van der Waals surface area contributed by atoms with Gasteiger partial charge >= 0.3 is 6.18 Å². The molecular weight excluding hydrogens is 484 g/mol. The quantitative estimate of drug-likeness (QED) is 0.172. The highest BCUT2D eigenvalue weighted by Crippen LogP contribution is 2.38. The van der Waals surface area contributed by atoms with Crippen molar-refractivity contribution >= 4 is 23.5 Å². The highest BCUT2D eigenvalue weighted by Gasteiger charge is 2.42. The Hall–Kier alpha value is -3.34. The second kappa shape index (κ2) is 9.65. The standard InChI is InChI=1S/C21H11ClF8N2O/c22-13-2-1-3-14(23)12(13)9-33-11-6-4-10(5-7-11)8-31-32-20-18(26)16(24)15(21(28,29)30)17(25)19(20)27/h1-8,32H,9H2. The van der Waals surface area contributed by atoms with Crippen LogP contribution in [0.25, 0.3) is 0 Å². The Labute approximate surface area is 186 Å². The van der Waals surface area contributed by atoms with Gasteiger partial charge in [-0.3, -0.25) is 5.43 Å². The number of alkyl halides is 3. The van der Waals surface area contributed by atoms with Crippen molar-refractivity contribution in [1.29, 1.82) is 0 Å². The summed E-state index contributed by atoms with van der Waals surface area (Å²) in [5.74, 6) is -10.0. The summed E-state index contributed by atoms with van der Waals surface area (Å²) in [4.78, 5) is 0. The van der Waals surface area contributed by atoms with Crippen molar-refractivity contribution in [3.8, 4) is 5.75 Å².